The Hall–Kier alpha value is -2.25. The van der Waals surface area contributed by atoms with Crippen molar-refractivity contribution in [3.63, 3.8) is 0 Å². The van der Waals surface area contributed by atoms with Crippen LogP contribution in [0.3, 0.4) is 0 Å². The van der Waals surface area contributed by atoms with Crippen LogP contribution in [-0.2, 0) is 0 Å². The third-order valence-corrected chi connectivity index (χ3v) is 5.71. The summed E-state index contributed by atoms with van der Waals surface area (Å²) in [6.07, 6.45) is 3.62. The molecule has 2 amide bonds. The molecule has 138 valence electrons. The molecule has 4 N–H and O–H groups in total. The van der Waals surface area contributed by atoms with Crippen LogP contribution in [0, 0.1) is 12.7 Å². The number of rotatable bonds is 4. The molecule has 26 heavy (non-hydrogen) atoms. The highest BCUT2D eigenvalue weighted by Crippen LogP contribution is 2.28. The number of benzene rings is 1. The van der Waals surface area contributed by atoms with Gasteiger partial charge in [-0.25, -0.2) is 4.39 Å². The Kier molecular flexibility index (Phi) is 5.68. The molecule has 1 aromatic carbocycles. The Labute approximate surface area is 155 Å². The van der Waals surface area contributed by atoms with Gasteiger partial charge in [-0.05, 0) is 62.4 Å². The van der Waals surface area contributed by atoms with Gasteiger partial charge in [-0.1, -0.05) is 6.07 Å². The van der Waals surface area contributed by atoms with Crippen LogP contribution < -0.4 is 16.4 Å². The maximum absolute atomic E-state index is 13.2. The number of carbonyl (C=O) groups excluding carboxylic acids is 2. The lowest BCUT2D eigenvalue weighted by Gasteiger charge is -2.26. The van der Waals surface area contributed by atoms with Crippen molar-refractivity contribution in [3.8, 4) is 0 Å². The van der Waals surface area contributed by atoms with Crippen LogP contribution in [0.1, 0.15) is 51.3 Å². The normalized spacial score (nSPS) is 19.8. The van der Waals surface area contributed by atoms with Gasteiger partial charge in [0.2, 0.25) is 0 Å². The van der Waals surface area contributed by atoms with E-state index >= 15 is 0 Å². The van der Waals surface area contributed by atoms with Gasteiger partial charge in [-0.2, -0.15) is 0 Å². The zero-order valence-corrected chi connectivity index (χ0v) is 15.4. The maximum atomic E-state index is 13.2. The van der Waals surface area contributed by atoms with E-state index in [4.69, 9.17) is 5.73 Å². The molecule has 1 aliphatic rings. The second kappa shape index (κ2) is 7.97. The van der Waals surface area contributed by atoms with Crippen molar-refractivity contribution in [1.29, 1.82) is 0 Å². The molecule has 3 rings (SSSR count). The number of anilines is 1. The van der Waals surface area contributed by atoms with E-state index in [0.29, 0.717) is 9.88 Å². The van der Waals surface area contributed by atoms with Gasteiger partial charge in [0, 0.05) is 17.6 Å². The van der Waals surface area contributed by atoms with Crippen molar-refractivity contribution in [2.75, 3.05) is 5.32 Å². The summed E-state index contributed by atoms with van der Waals surface area (Å²) in [5, 5.41) is 6.35. The second-order valence-corrected chi connectivity index (χ2v) is 7.72. The minimum Gasteiger partial charge on any atom is -0.349 e. The topological polar surface area (TPSA) is 84.2 Å². The molecule has 0 bridgehead atoms. The second-order valence-electron chi connectivity index (χ2n) is 6.67. The van der Waals surface area contributed by atoms with E-state index in [0.717, 1.165) is 31.2 Å². The Morgan fingerprint density at radius 1 is 1.15 bits per heavy atom. The highest BCUT2D eigenvalue weighted by atomic mass is 32.1. The van der Waals surface area contributed by atoms with Crippen LogP contribution in [-0.4, -0.2) is 23.9 Å². The quantitative estimate of drug-likeness (QED) is 0.765. The molecule has 7 heteroatoms. The highest BCUT2D eigenvalue weighted by molar-refractivity contribution is 7.18. The van der Waals surface area contributed by atoms with E-state index < -0.39 is 11.7 Å². The van der Waals surface area contributed by atoms with Crippen molar-refractivity contribution < 1.29 is 14.0 Å². The summed E-state index contributed by atoms with van der Waals surface area (Å²) in [7, 11) is 0. The maximum Gasteiger partial charge on any atom is 0.261 e. The van der Waals surface area contributed by atoms with Gasteiger partial charge in [-0.15, -0.1) is 11.3 Å². The lowest BCUT2D eigenvalue weighted by Crippen LogP contribution is -2.40. The predicted molar refractivity (Wildman–Crippen MR) is 101 cm³/mol. The fraction of sp³-hybridized carbons (Fsp3) is 0.368. The number of hydrogen-bond acceptors (Lipinski definition) is 4. The van der Waals surface area contributed by atoms with Crippen molar-refractivity contribution >= 4 is 28.2 Å². The molecule has 0 atom stereocenters. The zero-order valence-electron chi connectivity index (χ0n) is 14.5. The lowest BCUT2D eigenvalue weighted by atomic mass is 9.92. The molecular formula is C19H22FN3O2S. The number of hydrogen-bond donors (Lipinski definition) is 3. The first-order valence-corrected chi connectivity index (χ1v) is 9.48. The Morgan fingerprint density at radius 3 is 2.58 bits per heavy atom. The molecule has 1 aliphatic carbocycles. The van der Waals surface area contributed by atoms with Crippen LogP contribution in [0.25, 0.3) is 0 Å². The first kappa shape index (κ1) is 18.5. The summed E-state index contributed by atoms with van der Waals surface area (Å²) in [4.78, 5) is 25.3. The van der Waals surface area contributed by atoms with E-state index in [1.165, 1.54) is 29.5 Å². The van der Waals surface area contributed by atoms with E-state index in [-0.39, 0.29) is 23.6 Å². The molecule has 0 aliphatic heterocycles. The van der Waals surface area contributed by atoms with E-state index in [9.17, 15) is 14.0 Å². The van der Waals surface area contributed by atoms with E-state index in [2.05, 4.69) is 10.6 Å². The average Bonchev–Trinajstić information content (AvgIpc) is 2.97. The van der Waals surface area contributed by atoms with Crippen LogP contribution >= 0.6 is 11.3 Å². The smallest absolute Gasteiger partial charge is 0.261 e. The third-order valence-electron chi connectivity index (χ3n) is 4.55. The predicted octanol–water partition coefficient (Wildman–Crippen LogP) is 3.45. The molecule has 0 spiro atoms. The Morgan fingerprint density at radius 2 is 1.88 bits per heavy atom. The van der Waals surface area contributed by atoms with Crippen molar-refractivity contribution in [1.82, 2.24) is 5.32 Å². The minimum absolute atomic E-state index is 0.126. The molecule has 0 radical (unpaired) electrons. The van der Waals surface area contributed by atoms with E-state index in [1.807, 2.05) is 6.92 Å². The van der Waals surface area contributed by atoms with Crippen molar-refractivity contribution in [2.45, 2.75) is 44.7 Å². The van der Waals surface area contributed by atoms with Gasteiger partial charge in [-0.3, -0.25) is 9.59 Å². The largest absolute Gasteiger partial charge is 0.349 e. The van der Waals surface area contributed by atoms with Gasteiger partial charge >= 0.3 is 0 Å². The molecule has 0 saturated heterocycles. The molecule has 1 saturated carbocycles. The van der Waals surface area contributed by atoms with Gasteiger partial charge in [0.25, 0.3) is 11.8 Å². The summed E-state index contributed by atoms with van der Waals surface area (Å²) in [5.41, 5.74) is 6.93. The number of aryl methyl sites for hydroxylation is 1. The van der Waals surface area contributed by atoms with E-state index in [1.54, 1.807) is 12.1 Å². The number of carbonyl (C=O) groups is 2. The monoisotopic (exact) mass is 375 g/mol. The average molecular weight is 375 g/mol. The molecular weight excluding hydrogens is 353 g/mol. The number of nitrogens with two attached hydrogens (primary N) is 1. The fourth-order valence-electron chi connectivity index (χ4n) is 3.10. The zero-order chi connectivity index (χ0) is 18.7. The lowest BCUT2D eigenvalue weighted by molar-refractivity contribution is 0.0928. The molecule has 5 nitrogen and oxygen atoms in total. The molecule has 1 fully saturated rings. The van der Waals surface area contributed by atoms with Gasteiger partial charge < -0.3 is 16.4 Å². The number of thiophene rings is 1. The summed E-state index contributed by atoms with van der Waals surface area (Å²) < 4.78 is 13.2. The SMILES string of the molecule is Cc1cc(NC(=O)c2cccc(F)c2)sc1C(=O)NC1CCC(N)CC1. The Bertz CT molecular complexity index is 813. The summed E-state index contributed by atoms with van der Waals surface area (Å²) in [6, 6.07) is 7.63. The number of nitrogens with one attached hydrogen (secondary N) is 2. The third kappa shape index (κ3) is 4.47. The summed E-state index contributed by atoms with van der Waals surface area (Å²) >= 11 is 1.22. The highest BCUT2D eigenvalue weighted by Gasteiger charge is 2.22. The summed E-state index contributed by atoms with van der Waals surface area (Å²) in [6.45, 7) is 1.83. The van der Waals surface area contributed by atoms with Gasteiger partial charge in [0.05, 0.1) is 9.88 Å². The van der Waals surface area contributed by atoms with Crippen molar-refractivity contribution in [2.24, 2.45) is 5.73 Å². The van der Waals surface area contributed by atoms with Crippen LogP contribution in [0.15, 0.2) is 30.3 Å². The molecule has 0 unspecified atom stereocenters. The van der Waals surface area contributed by atoms with Crippen LogP contribution in [0.2, 0.25) is 0 Å². The van der Waals surface area contributed by atoms with Crippen LogP contribution in [0.5, 0.6) is 0 Å². The fourth-order valence-corrected chi connectivity index (χ4v) is 4.07. The van der Waals surface area contributed by atoms with Gasteiger partial charge in [0.15, 0.2) is 0 Å². The summed E-state index contributed by atoms with van der Waals surface area (Å²) in [5.74, 6) is -0.995. The number of amides is 2. The van der Waals surface area contributed by atoms with Crippen LogP contribution in [0.4, 0.5) is 9.39 Å². The van der Waals surface area contributed by atoms with Gasteiger partial charge in [0.1, 0.15) is 5.82 Å². The first-order chi connectivity index (χ1) is 12.4. The minimum atomic E-state index is -0.465. The molecule has 2 aromatic rings. The van der Waals surface area contributed by atoms with Crippen molar-refractivity contribution in [3.05, 3.63) is 52.2 Å². The Balaban J connectivity index is 1.65. The molecule has 1 heterocycles. The standard InChI is InChI=1S/C19H22FN3O2S/c1-11-9-16(23-18(24)12-3-2-4-13(20)10-12)26-17(11)19(25)22-15-7-5-14(21)6-8-15/h2-4,9-10,14-15H,5-8,21H2,1H3,(H,22,25)(H,23,24). The molecule has 1 aromatic heterocycles. The number of halogens is 1. The first-order valence-electron chi connectivity index (χ1n) is 8.66.